The van der Waals surface area contributed by atoms with Crippen molar-refractivity contribution < 1.29 is 13.9 Å². The monoisotopic (exact) mass is 490 g/mol. The Morgan fingerprint density at radius 3 is 2.65 bits per heavy atom. The molecule has 8 nitrogen and oxygen atoms in total. The van der Waals surface area contributed by atoms with Crippen LogP contribution in [0.15, 0.2) is 62.6 Å². The molecule has 3 N–H and O–H groups in total. The fourth-order valence-electron chi connectivity index (χ4n) is 2.89. The van der Waals surface area contributed by atoms with Crippen molar-refractivity contribution in [3.05, 3.63) is 90.8 Å². The van der Waals surface area contributed by atoms with Gasteiger partial charge in [0, 0.05) is 18.1 Å². The van der Waals surface area contributed by atoms with Gasteiger partial charge in [0.15, 0.2) is 0 Å². The molecule has 162 valence electrons. The Bertz CT molecular complexity index is 1190. The summed E-state index contributed by atoms with van der Waals surface area (Å²) >= 11 is 3.21. The largest absolute Gasteiger partial charge is 0.383 e. The number of carbonyl (C=O) groups is 1. The van der Waals surface area contributed by atoms with Crippen LogP contribution in [0.4, 0.5) is 15.9 Å². The van der Waals surface area contributed by atoms with Crippen molar-refractivity contribution in [3.8, 4) is 0 Å². The van der Waals surface area contributed by atoms with Crippen LogP contribution >= 0.6 is 15.9 Å². The van der Waals surface area contributed by atoms with E-state index in [-0.39, 0.29) is 36.8 Å². The first-order valence-corrected chi connectivity index (χ1v) is 10.1. The summed E-state index contributed by atoms with van der Waals surface area (Å²) in [6.45, 7) is 0.515. The lowest BCUT2D eigenvalue weighted by Gasteiger charge is -2.18. The summed E-state index contributed by atoms with van der Waals surface area (Å²) in [5, 5.41) is 5.56. The number of halogens is 2. The number of nitrogens with one attached hydrogen (secondary N) is 3. The molecule has 0 unspecified atom stereocenters. The second-order valence-electron chi connectivity index (χ2n) is 6.54. The second-order valence-corrected chi connectivity index (χ2v) is 7.40. The molecular formula is C21H20BrFN4O4. The molecule has 1 heterocycles. The van der Waals surface area contributed by atoms with Crippen LogP contribution in [-0.2, 0) is 17.8 Å². The van der Waals surface area contributed by atoms with Crippen molar-refractivity contribution in [1.82, 2.24) is 9.55 Å². The van der Waals surface area contributed by atoms with Gasteiger partial charge in [-0.2, -0.15) is 0 Å². The molecule has 1 aromatic heterocycles. The van der Waals surface area contributed by atoms with Crippen LogP contribution in [0.1, 0.15) is 15.9 Å². The molecule has 0 saturated carbocycles. The lowest BCUT2D eigenvalue weighted by molar-refractivity contribution is 0.102. The van der Waals surface area contributed by atoms with E-state index >= 15 is 0 Å². The van der Waals surface area contributed by atoms with Crippen LogP contribution in [-0.4, -0.2) is 29.2 Å². The Hall–Kier alpha value is -3.24. The third kappa shape index (κ3) is 5.47. The highest BCUT2D eigenvalue weighted by atomic mass is 79.9. The van der Waals surface area contributed by atoms with Crippen molar-refractivity contribution in [3.63, 3.8) is 0 Å². The summed E-state index contributed by atoms with van der Waals surface area (Å²) in [5.41, 5.74) is -0.494. The summed E-state index contributed by atoms with van der Waals surface area (Å²) < 4.78 is 20.3. The maximum Gasteiger partial charge on any atom is 0.330 e. The summed E-state index contributed by atoms with van der Waals surface area (Å²) in [6, 6.07) is 13.0. The fraction of sp³-hybridized carbons (Fsp3) is 0.190. The number of nitrogens with zero attached hydrogens (tertiary/aromatic N) is 1. The number of anilines is 2. The summed E-state index contributed by atoms with van der Waals surface area (Å²) in [6.07, 6.45) is 0. The highest BCUT2D eigenvalue weighted by Gasteiger charge is 2.20. The molecule has 0 bridgehead atoms. The number of H-pyrrole nitrogens is 1. The normalized spacial score (nSPS) is 10.7. The van der Waals surface area contributed by atoms with E-state index < -0.39 is 23.0 Å². The number of hydrogen-bond donors (Lipinski definition) is 3. The minimum atomic E-state index is -0.707. The van der Waals surface area contributed by atoms with Gasteiger partial charge in [-0.15, -0.1) is 0 Å². The van der Waals surface area contributed by atoms with Crippen molar-refractivity contribution in [2.24, 2.45) is 0 Å². The quantitative estimate of drug-likeness (QED) is 0.450. The summed E-state index contributed by atoms with van der Waals surface area (Å²) in [7, 11) is 1.47. The van der Waals surface area contributed by atoms with Crippen LogP contribution in [0.2, 0.25) is 0 Å². The zero-order valence-electron chi connectivity index (χ0n) is 16.6. The third-order valence-corrected chi connectivity index (χ3v) is 5.13. The standard InChI is InChI=1S/C21H20BrFN4O4/c1-31-10-9-27-18(25-19(28)15-11-14(23)7-8-16(15)22)17(20(29)26-21(27)30)24-12-13-5-3-2-4-6-13/h2-8,11,24H,9-10,12H2,1H3,(H,25,28)(H,26,29,30). The van der Waals surface area contributed by atoms with Gasteiger partial charge in [0.1, 0.15) is 17.3 Å². The van der Waals surface area contributed by atoms with Crippen LogP contribution < -0.4 is 21.9 Å². The van der Waals surface area contributed by atoms with Crippen molar-refractivity contribution in [2.75, 3.05) is 24.4 Å². The first kappa shape index (κ1) is 22.4. The summed E-state index contributed by atoms with van der Waals surface area (Å²) in [5.74, 6) is -1.33. The predicted molar refractivity (Wildman–Crippen MR) is 119 cm³/mol. The second kappa shape index (κ2) is 10.2. The van der Waals surface area contributed by atoms with E-state index in [2.05, 4.69) is 31.5 Å². The van der Waals surface area contributed by atoms with E-state index in [4.69, 9.17) is 4.74 Å². The van der Waals surface area contributed by atoms with Gasteiger partial charge in [-0.25, -0.2) is 9.18 Å². The number of methoxy groups -OCH3 is 1. The minimum Gasteiger partial charge on any atom is -0.383 e. The highest BCUT2D eigenvalue weighted by molar-refractivity contribution is 9.10. The van der Waals surface area contributed by atoms with E-state index in [1.807, 2.05) is 30.3 Å². The molecule has 2 aromatic carbocycles. The zero-order valence-corrected chi connectivity index (χ0v) is 18.2. The molecule has 1 amide bonds. The van der Waals surface area contributed by atoms with E-state index in [1.54, 1.807) is 0 Å². The molecule has 0 spiro atoms. The lowest BCUT2D eigenvalue weighted by Crippen LogP contribution is -2.36. The molecule has 0 fully saturated rings. The molecule has 31 heavy (non-hydrogen) atoms. The number of amides is 1. The number of aromatic nitrogens is 2. The maximum atomic E-state index is 13.7. The molecule has 0 saturated heterocycles. The molecule has 0 aliphatic rings. The summed E-state index contributed by atoms with van der Waals surface area (Å²) in [4.78, 5) is 40.1. The van der Waals surface area contributed by atoms with Gasteiger partial charge in [0.25, 0.3) is 11.5 Å². The number of rotatable bonds is 8. The van der Waals surface area contributed by atoms with E-state index in [0.717, 1.165) is 11.6 Å². The number of ether oxygens (including phenoxy) is 1. The number of carbonyl (C=O) groups excluding carboxylic acids is 1. The molecule has 0 atom stereocenters. The fourth-order valence-corrected chi connectivity index (χ4v) is 3.32. The smallest absolute Gasteiger partial charge is 0.330 e. The molecule has 0 aliphatic heterocycles. The molecule has 3 aromatic rings. The van der Waals surface area contributed by atoms with E-state index in [1.165, 1.54) is 23.8 Å². The van der Waals surface area contributed by atoms with E-state index in [0.29, 0.717) is 4.47 Å². The van der Waals surface area contributed by atoms with Crippen molar-refractivity contribution in [1.29, 1.82) is 0 Å². The average molecular weight is 491 g/mol. The van der Waals surface area contributed by atoms with E-state index in [9.17, 15) is 18.8 Å². The van der Waals surface area contributed by atoms with Crippen LogP contribution in [0.25, 0.3) is 0 Å². The van der Waals surface area contributed by atoms with Crippen LogP contribution in [0.3, 0.4) is 0 Å². The molecule has 3 rings (SSSR count). The Morgan fingerprint density at radius 1 is 1.19 bits per heavy atom. The molecular weight excluding hydrogens is 471 g/mol. The molecule has 10 heteroatoms. The molecule has 0 aliphatic carbocycles. The van der Waals surface area contributed by atoms with Crippen molar-refractivity contribution in [2.45, 2.75) is 13.1 Å². The Kier molecular flexibility index (Phi) is 7.37. The van der Waals surface area contributed by atoms with Crippen LogP contribution in [0, 0.1) is 5.82 Å². The van der Waals surface area contributed by atoms with Gasteiger partial charge in [0.05, 0.1) is 18.7 Å². The average Bonchev–Trinajstić information content (AvgIpc) is 2.75. The molecule has 0 radical (unpaired) electrons. The first-order chi connectivity index (χ1) is 14.9. The maximum absolute atomic E-state index is 13.7. The Labute approximate surface area is 185 Å². The number of hydrogen-bond acceptors (Lipinski definition) is 5. The van der Waals surface area contributed by atoms with Gasteiger partial charge < -0.3 is 15.4 Å². The Balaban J connectivity index is 2.03. The van der Waals surface area contributed by atoms with Gasteiger partial charge in [0.2, 0.25) is 0 Å². The predicted octanol–water partition coefficient (Wildman–Crippen LogP) is 2.95. The Morgan fingerprint density at radius 2 is 1.94 bits per heavy atom. The lowest BCUT2D eigenvalue weighted by atomic mass is 10.2. The zero-order chi connectivity index (χ0) is 22.4. The number of benzene rings is 2. The third-order valence-electron chi connectivity index (χ3n) is 4.44. The van der Waals surface area contributed by atoms with Gasteiger partial charge >= 0.3 is 5.69 Å². The SMILES string of the molecule is COCCn1c(NC(=O)c2cc(F)ccc2Br)c(NCc2ccccc2)c(=O)[nH]c1=O. The first-order valence-electron chi connectivity index (χ1n) is 9.31. The van der Waals surface area contributed by atoms with Gasteiger partial charge in [-0.1, -0.05) is 30.3 Å². The van der Waals surface area contributed by atoms with Crippen molar-refractivity contribution >= 4 is 33.3 Å². The number of aromatic amines is 1. The van der Waals surface area contributed by atoms with Gasteiger partial charge in [-0.05, 0) is 39.7 Å². The van der Waals surface area contributed by atoms with Gasteiger partial charge in [-0.3, -0.25) is 19.1 Å². The minimum absolute atomic E-state index is 0.000400. The topological polar surface area (TPSA) is 105 Å². The van der Waals surface area contributed by atoms with Crippen LogP contribution in [0.5, 0.6) is 0 Å². The highest BCUT2D eigenvalue weighted by Crippen LogP contribution is 2.22.